The second kappa shape index (κ2) is 7.17. The Morgan fingerprint density at radius 2 is 2.07 bits per heavy atom. The Hall–Kier alpha value is -1.16. The van der Waals surface area contributed by atoms with E-state index in [-0.39, 0.29) is 11.4 Å². The van der Waals surface area contributed by atoms with Gasteiger partial charge in [-0.25, -0.2) is 4.79 Å². The highest BCUT2D eigenvalue weighted by molar-refractivity contribution is 5.98. The lowest BCUT2D eigenvalue weighted by Gasteiger charge is -2.16. The van der Waals surface area contributed by atoms with Crippen molar-refractivity contribution in [2.24, 2.45) is 0 Å². The molecule has 0 aromatic rings. The second-order valence-corrected chi connectivity index (χ2v) is 3.37. The number of carbonyl (C=O) groups excluding carboxylic acids is 2. The van der Waals surface area contributed by atoms with E-state index in [1.165, 1.54) is 14.0 Å². The molecule has 4 heteroatoms. The second-order valence-electron chi connectivity index (χ2n) is 3.37. The molecular formula is C11H19NO3. The van der Waals surface area contributed by atoms with Crippen molar-refractivity contribution in [2.75, 3.05) is 13.7 Å². The third-order valence-electron chi connectivity index (χ3n) is 2.08. The van der Waals surface area contributed by atoms with Crippen LogP contribution in [-0.2, 0) is 14.3 Å². The molecular weight excluding hydrogens is 194 g/mol. The smallest absolute Gasteiger partial charge is 0.335 e. The first-order valence-electron chi connectivity index (χ1n) is 5.05. The Morgan fingerprint density at radius 3 is 2.47 bits per heavy atom. The van der Waals surface area contributed by atoms with Crippen molar-refractivity contribution < 1.29 is 14.3 Å². The topological polar surface area (TPSA) is 55.4 Å². The van der Waals surface area contributed by atoms with Crippen molar-refractivity contribution in [2.45, 2.75) is 32.7 Å². The highest BCUT2D eigenvalue weighted by Crippen LogP contribution is 2.03. The van der Waals surface area contributed by atoms with E-state index >= 15 is 0 Å². The summed E-state index contributed by atoms with van der Waals surface area (Å²) in [6.45, 7) is 7.74. The van der Waals surface area contributed by atoms with Crippen LogP contribution >= 0.6 is 0 Å². The monoisotopic (exact) mass is 213 g/mol. The third-order valence-corrected chi connectivity index (χ3v) is 2.08. The van der Waals surface area contributed by atoms with E-state index in [1.807, 2.05) is 0 Å². The lowest BCUT2D eigenvalue weighted by Crippen LogP contribution is -2.39. The zero-order valence-electron chi connectivity index (χ0n) is 9.63. The molecule has 0 aliphatic heterocycles. The van der Waals surface area contributed by atoms with Crippen LogP contribution in [0.4, 0.5) is 0 Å². The lowest BCUT2D eigenvalue weighted by molar-refractivity contribution is -0.137. The number of hydrogen-bond acceptors (Lipinski definition) is 4. The molecule has 0 radical (unpaired) electrons. The van der Waals surface area contributed by atoms with E-state index in [0.717, 1.165) is 12.8 Å². The maximum atomic E-state index is 11.3. The molecule has 0 bridgehead atoms. The van der Waals surface area contributed by atoms with E-state index in [0.29, 0.717) is 6.54 Å². The molecule has 0 rings (SSSR count). The molecule has 0 aliphatic rings. The van der Waals surface area contributed by atoms with Gasteiger partial charge in [-0.3, -0.25) is 4.79 Å². The maximum absolute atomic E-state index is 11.3. The fourth-order valence-electron chi connectivity index (χ4n) is 1.18. The van der Waals surface area contributed by atoms with Gasteiger partial charge in [0.1, 0.15) is 0 Å². The molecule has 0 spiro atoms. The summed E-state index contributed by atoms with van der Waals surface area (Å²) in [5, 5.41) is 2.99. The van der Waals surface area contributed by atoms with Gasteiger partial charge in [0.2, 0.25) is 0 Å². The predicted molar refractivity (Wildman–Crippen MR) is 58.5 cm³/mol. The zero-order chi connectivity index (χ0) is 11.8. The standard InChI is InChI=1S/C11H19NO3/c1-5-6-7-12-10(9(3)13)8(2)11(14)15-4/h10,12H,2,5-7H2,1,3-4H3. The van der Waals surface area contributed by atoms with Crippen LogP contribution in [-0.4, -0.2) is 31.4 Å². The molecule has 0 saturated carbocycles. The highest BCUT2D eigenvalue weighted by Gasteiger charge is 2.22. The number of Topliss-reactive ketones (excluding diaryl/α,β-unsaturated/α-hetero) is 1. The van der Waals surface area contributed by atoms with Crippen LogP contribution in [0.15, 0.2) is 12.2 Å². The number of ketones is 1. The van der Waals surface area contributed by atoms with Gasteiger partial charge in [-0.15, -0.1) is 0 Å². The van der Waals surface area contributed by atoms with Crippen molar-refractivity contribution in [3.63, 3.8) is 0 Å². The number of carbonyl (C=O) groups is 2. The van der Waals surface area contributed by atoms with Crippen LogP contribution in [0, 0.1) is 0 Å². The summed E-state index contributed by atoms with van der Waals surface area (Å²) in [5.74, 6) is -0.666. The number of ether oxygens (including phenoxy) is 1. The number of rotatable bonds is 7. The van der Waals surface area contributed by atoms with Crippen LogP contribution in [0.2, 0.25) is 0 Å². The molecule has 1 unspecified atom stereocenters. The van der Waals surface area contributed by atoms with Crippen molar-refractivity contribution in [1.82, 2.24) is 5.32 Å². The largest absolute Gasteiger partial charge is 0.466 e. The van der Waals surface area contributed by atoms with Crippen molar-refractivity contribution in [3.05, 3.63) is 12.2 Å². The molecule has 86 valence electrons. The number of esters is 1. The van der Waals surface area contributed by atoms with Crippen LogP contribution < -0.4 is 5.32 Å². The Bertz CT molecular complexity index is 248. The van der Waals surface area contributed by atoms with Crippen molar-refractivity contribution in [3.8, 4) is 0 Å². The first kappa shape index (κ1) is 13.8. The molecule has 0 amide bonds. The minimum absolute atomic E-state index is 0.124. The van der Waals surface area contributed by atoms with E-state index in [1.54, 1.807) is 0 Å². The summed E-state index contributed by atoms with van der Waals surface area (Å²) in [6, 6.07) is -0.621. The number of hydrogen-bond donors (Lipinski definition) is 1. The molecule has 0 aliphatic carbocycles. The summed E-state index contributed by atoms with van der Waals surface area (Å²) < 4.78 is 4.52. The fourth-order valence-corrected chi connectivity index (χ4v) is 1.18. The summed E-state index contributed by atoms with van der Waals surface area (Å²) in [4.78, 5) is 22.4. The molecule has 0 fully saturated rings. The molecule has 0 aromatic heterocycles. The van der Waals surface area contributed by atoms with E-state index in [4.69, 9.17) is 0 Å². The van der Waals surface area contributed by atoms with Gasteiger partial charge in [0.25, 0.3) is 0 Å². The quantitative estimate of drug-likeness (QED) is 0.390. The Balaban J connectivity index is 4.32. The third kappa shape index (κ3) is 4.74. The summed E-state index contributed by atoms with van der Waals surface area (Å²) in [6.07, 6.45) is 1.99. The lowest BCUT2D eigenvalue weighted by atomic mass is 10.1. The molecule has 0 aromatic carbocycles. The molecule has 1 N–H and O–H groups in total. The van der Waals surface area contributed by atoms with E-state index in [9.17, 15) is 9.59 Å². The predicted octanol–water partition coefficient (Wildman–Crippen LogP) is 1.06. The molecule has 15 heavy (non-hydrogen) atoms. The van der Waals surface area contributed by atoms with Gasteiger partial charge in [-0.2, -0.15) is 0 Å². The van der Waals surface area contributed by atoms with Gasteiger partial charge >= 0.3 is 5.97 Å². The average Bonchev–Trinajstić information content (AvgIpc) is 2.22. The highest BCUT2D eigenvalue weighted by atomic mass is 16.5. The van der Waals surface area contributed by atoms with Gasteiger partial charge in [0.15, 0.2) is 5.78 Å². The van der Waals surface area contributed by atoms with Gasteiger partial charge in [-0.05, 0) is 19.9 Å². The molecule has 0 heterocycles. The van der Waals surface area contributed by atoms with Gasteiger partial charge in [0, 0.05) is 0 Å². The van der Waals surface area contributed by atoms with E-state index < -0.39 is 12.0 Å². The number of unbranched alkanes of at least 4 members (excludes halogenated alkanes) is 1. The number of nitrogens with one attached hydrogen (secondary N) is 1. The minimum atomic E-state index is -0.621. The van der Waals surface area contributed by atoms with Gasteiger partial charge < -0.3 is 10.1 Å². The molecule has 1 atom stereocenters. The average molecular weight is 213 g/mol. The maximum Gasteiger partial charge on any atom is 0.335 e. The van der Waals surface area contributed by atoms with Crippen LogP contribution in [0.5, 0.6) is 0 Å². The molecule has 4 nitrogen and oxygen atoms in total. The molecule has 0 saturated heterocycles. The van der Waals surface area contributed by atoms with Crippen LogP contribution in [0.3, 0.4) is 0 Å². The number of methoxy groups -OCH3 is 1. The summed E-state index contributed by atoms with van der Waals surface area (Å²) >= 11 is 0. The van der Waals surface area contributed by atoms with Gasteiger partial charge in [-0.1, -0.05) is 19.9 Å². The van der Waals surface area contributed by atoms with Crippen LogP contribution in [0.1, 0.15) is 26.7 Å². The minimum Gasteiger partial charge on any atom is -0.466 e. The Kier molecular flexibility index (Phi) is 6.62. The fraction of sp³-hybridized carbons (Fsp3) is 0.636. The normalized spacial score (nSPS) is 11.9. The van der Waals surface area contributed by atoms with Crippen molar-refractivity contribution >= 4 is 11.8 Å². The Labute approximate surface area is 90.7 Å². The van der Waals surface area contributed by atoms with Gasteiger partial charge in [0.05, 0.1) is 18.7 Å². The summed E-state index contributed by atoms with van der Waals surface area (Å²) in [5.41, 5.74) is 0.168. The first-order chi connectivity index (χ1) is 7.04. The van der Waals surface area contributed by atoms with Crippen molar-refractivity contribution in [1.29, 1.82) is 0 Å². The van der Waals surface area contributed by atoms with E-state index in [2.05, 4.69) is 23.6 Å². The van der Waals surface area contributed by atoms with Crippen LogP contribution in [0.25, 0.3) is 0 Å². The zero-order valence-corrected chi connectivity index (χ0v) is 9.63. The first-order valence-corrected chi connectivity index (χ1v) is 5.05. The SMILES string of the molecule is C=C(C(=O)OC)C(NCCCC)C(C)=O. The Morgan fingerprint density at radius 1 is 1.47 bits per heavy atom. The summed E-state index contributed by atoms with van der Waals surface area (Å²) in [7, 11) is 1.27.